The van der Waals surface area contributed by atoms with Crippen molar-refractivity contribution in [3.8, 4) is 0 Å². The van der Waals surface area contributed by atoms with Gasteiger partial charge in [0.1, 0.15) is 23.6 Å². The summed E-state index contributed by atoms with van der Waals surface area (Å²) in [6.07, 6.45) is 0.442. The van der Waals surface area contributed by atoms with E-state index in [9.17, 15) is 39.4 Å². The van der Waals surface area contributed by atoms with Crippen molar-refractivity contribution in [3.63, 3.8) is 0 Å². The molecule has 4 aromatic rings. The first kappa shape index (κ1) is 52.1. The normalized spacial score (nSPS) is 12.4. The molecule has 0 radical (unpaired) electrons. The van der Waals surface area contributed by atoms with Gasteiger partial charge in [-0.3, -0.25) is 29.8 Å². The summed E-state index contributed by atoms with van der Waals surface area (Å²) in [5.41, 5.74) is 0.760. The minimum absolute atomic E-state index is 0.0161. The van der Waals surface area contributed by atoms with Crippen LogP contribution in [0.15, 0.2) is 127 Å². The number of nitro groups is 2. The lowest BCUT2D eigenvalue weighted by Crippen LogP contribution is -2.20. The molecule has 2 unspecified atom stereocenters. The van der Waals surface area contributed by atoms with Crippen molar-refractivity contribution in [2.75, 3.05) is 27.4 Å². The summed E-state index contributed by atoms with van der Waals surface area (Å²) in [5, 5.41) is 30.8. The van der Waals surface area contributed by atoms with Gasteiger partial charge in [-0.1, -0.05) is 58.1 Å². The number of benzene rings is 4. The van der Waals surface area contributed by atoms with Crippen LogP contribution in [0.25, 0.3) is 0 Å². The number of carbonyl (C=O) groups excluding carboxylic acids is 4. The Labute approximate surface area is 389 Å². The first-order valence-electron chi connectivity index (χ1n) is 20.7. The van der Waals surface area contributed by atoms with Gasteiger partial charge >= 0.3 is 23.9 Å². The van der Waals surface area contributed by atoms with E-state index in [0.29, 0.717) is 36.8 Å². The summed E-state index contributed by atoms with van der Waals surface area (Å²) in [6, 6.07) is 26.0. The lowest BCUT2D eigenvalue weighted by molar-refractivity contribution is -0.385. The van der Waals surface area contributed by atoms with Gasteiger partial charge < -0.3 is 28.6 Å². The number of nitrogens with zero attached hydrogens (tertiary/aromatic N) is 4. The van der Waals surface area contributed by atoms with Gasteiger partial charge in [0.2, 0.25) is 0 Å². The number of unbranched alkanes of at least 4 members (excludes halogenated alkanes) is 2. The molecule has 18 nitrogen and oxygen atoms in total. The molecule has 0 saturated carbocycles. The fourth-order valence-electron chi connectivity index (χ4n) is 5.84. The number of nitro benzene ring substituents is 2. The maximum Gasteiger partial charge on any atom is 0.335 e. The van der Waals surface area contributed by atoms with E-state index in [-0.39, 0.29) is 61.7 Å². The number of methoxy groups -OCH3 is 2. The summed E-state index contributed by atoms with van der Waals surface area (Å²) in [4.78, 5) is 85.8. The summed E-state index contributed by atoms with van der Waals surface area (Å²) in [5.74, 6) is -2.27. The van der Waals surface area contributed by atoms with Crippen molar-refractivity contribution in [1.82, 2.24) is 0 Å². The van der Waals surface area contributed by atoms with E-state index in [1.165, 1.54) is 62.0 Å². The molecule has 66 heavy (non-hydrogen) atoms. The lowest BCUT2D eigenvalue weighted by Gasteiger charge is -2.12. The Balaban J connectivity index is 1.61. The second kappa shape index (κ2) is 27.8. The Morgan fingerprint density at radius 3 is 1.08 bits per heavy atom. The molecule has 20 heteroatoms. The smallest absolute Gasteiger partial charge is 0.335 e. The summed E-state index contributed by atoms with van der Waals surface area (Å²) in [7, 11) is 3.01. The zero-order valence-electron chi connectivity index (χ0n) is 36.8. The molecule has 0 N–H and O–H groups in total. The Bertz CT molecular complexity index is 2140. The molecular formula is C46H50N4O14S2. The largest absolute Gasteiger partial charge is 0.460 e. The minimum atomic E-state index is -0.708. The van der Waals surface area contributed by atoms with Gasteiger partial charge in [0, 0.05) is 94.9 Å². The van der Waals surface area contributed by atoms with E-state index in [1.807, 2.05) is 0 Å². The number of oxime groups is 2. The molecular weight excluding hydrogens is 897 g/mol. The van der Waals surface area contributed by atoms with E-state index in [4.69, 9.17) is 28.6 Å². The third kappa shape index (κ3) is 18.6. The number of hydrogen-bond donors (Lipinski definition) is 0. The van der Waals surface area contributed by atoms with Crippen LogP contribution < -0.4 is 0 Å². The average molecular weight is 947 g/mol. The highest BCUT2D eigenvalue weighted by Crippen LogP contribution is 2.31. The van der Waals surface area contributed by atoms with E-state index >= 15 is 0 Å². The predicted octanol–water partition coefficient (Wildman–Crippen LogP) is 9.28. The quantitative estimate of drug-likeness (QED) is 0.0135. The van der Waals surface area contributed by atoms with Crippen molar-refractivity contribution in [3.05, 3.63) is 128 Å². The van der Waals surface area contributed by atoms with Crippen LogP contribution in [0.5, 0.6) is 0 Å². The fourth-order valence-corrected chi connectivity index (χ4v) is 7.47. The highest BCUT2D eigenvalue weighted by Gasteiger charge is 2.21. The third-order valence-electron chi connectivity index (χ3n) is 9.02. The van der Waals surface area contributed by atoms with E-state index < -0.39 is 45.9 Å². The molecule has 0 fully saturated rings. The number of rotatable bonds is 27. The van der Waals surface area contributed by atoms with Crippen molar-refractivity contribution >= 4 is 70.2 Å². The van der Waals surface area contributed by atoms with E-state index in [1.54, 1.807) is 86.6 Å². The van der Waals surface area contributed by atoms with Crippen LogP contribution in [0, 0.1) is 20.2 Å². The van der Waals surface area contributed by atoms with Crippen molar-refractivity contribution in [1.29, 1.82) is 0 Å². The maximum absolute atomic E-state index is 13.1. The molecule has 0 heterocycles. The van der Waals surface area contributed by atoms with Crippen molar-refractivity contribution in [2.45, 2.75) is 97.0 Å². The number of esters is 2. The zero-order chi connectivity index (χ0) is 47.8. The SMILES string of the molecule is COCC(C)OC(=O)CCCCC(=O)O/N=C(/C(=N/OC(=O)CCCCC(=O)OC(C)COC)c1ccc(Sc2ccc([N+](=O)[O-])cc2)cc1)c1ccc(Sc2ccc([N+](=O)[O-])cc2)cc1. The fraction of sp³-hybridized carbons (Fsp3) is 0.348. The molecule has 0 saturated heterocycles. The third-order valence-corrected chi connectivity index (χ3v) is 11.0. The molecule has 4 aromatic carbocycles. The molecule has 0 bridgehead atoms. The van der Waals surface area contributed by atoms with E-state index in [2.05, 4.69) is 10.3 Å². The van der Waals surface area contributed by atoms with Gasteiger partial charge in [0.15, 0.2) is 0 Å². The molecule has 0 aliphatic carbocycles. The monoisotopic (exact) mass is 946 g/mol. The second-order valence-electron chi connectivity index (χ2n) is 14.5. The van der Waals surface area contributed by atoms with Crippen molar-refractivity contribution in [2.24, 2.45) is 10.3 Å². The molecule has 2 atom stereocenters. The maximum atomic E-state index is 13.1. The van der Waals surface area contributed by atoms with E-state index in [0.717, 1.165) is 19.6 Å². The summed E-state index contributed by atoms with van der Waals surface area (Å²) >= 11 is 2.70. The Kier molecular flexibility index (Phi) is 21.9. The molecule has 0 aliphatic heterocycles. The highest BCUT2D eigenvalue weighted by molar-refractivity contribution is 7.99. The van der Waals surface area contributed by atoms with Gasteiger partial charge in [-0.25, -0.2) is 9.59 Å². The molecule has 4 rings (SSSR count). The van der Waals surface area contributed by atoms with Crippen LogP contribution in [0.1, 0.15) is 76.3 Å². The first-order chi connectivity index (χ1) is 31.7. The average Bonchev–Trinajstić information content (AvgIpc) is 3.29. The molecule has 0 spiro atoms. The summed E-state index contributed by atoms with van der Waals surface area (Å²) < 4.78 is 20.5. The highest BCUT2D eigenvalue weighted by atomic mass is 32.2. The van der Waals surface area contributed by atoms with Gasteiger partial charge in [-0.2, -0.15) is 0 Å². The topological polar surface area (TPSA) is 235 Å². The zero-order valence-corrected chi connectivity index (χ0v) is 38.4. The van der Waals surface area contributed by atoms with Crippen LogP contribution >= 0.6 is 23.5 Å². The number of hydrogen-bond acceptors (Lipinski definition) is 18. The Hall–Kier alpha value is -6.48. The summed E-state index contributed by atoms with van der Waals surface area (Å²) in [6.45, 7) is 3.92. The van der Waals surface area contributed by atoms with Gasteiger partial charge in [0.05, 0.1) is 23.1 Å². The van der Waals surface area contributed by atoms with Crippen LogP contribution in [-0.2, 0) is 47.8 Å². The Morgan fingerprint density at radius 1 is 0.500 bits per heavy atom. The van der Waals surface area contributed by atoms with Crippen LogP contribution in [-0.4, -0.2) is 84.8 Å². The second-order valence-corrected chi connectivity index (χ2v) is 16.8. The number of ether oxygens (including phenoxy) is 4. The van der Waals surface area contributed by atoms with Crippen LogP contribution in [0.3, 0.4) is 0 Å². The lowest BCUT2D eigenvalue weighted by atomic mass is 10.00. The van der Waals surface area contributed by atoms with Gasteiger partial charge in [-0.15, -0.1) is 0 Å². The molecule has 0 aliphatic rings. The number of carbonyl (C=O) groups is 4. The van der Waals surface area contributed by atoms with Crippen molar-refractivity contribution < 1.29 is 57.6 Å². The minimum Gasteiger partial charge on any atom is -0.460 e. The predicted molar refractivity (Wildman–Crippen MR) is 244 cm³/mol. The number of non-ortho nitro benzene ring substituents is 2. The van der Waals surface area contributed by atoms with Gasteiger partial charge in [0.25, 0.3) is 11.4 Å². The molecule has 0 amide bonds. The molecule has 350 valence electrons. The van der Waals surface area contributed by atoms with Gasteiger partial charge in [-0.05, 0) is 88.1 Å². The Morgan fingerprint density at radius 2 is 0.788 bits per heavy atom. The first-order valence-corrected chi connectivity index (χ1v) is 22.4. The molecule has 0 aromatic heterocycles. The standard InChI is InChI=1S/C46H50N4O14S2/c1-31(29-59-3)61-41(51)9-5-7-11-43(53)63-47-45(33-13-21-37(22-14-33)65-39-25-17-35(18-26-39)49(55)56)46(48-64-44(54)12-8-6-10-42(52)62-32(2)30-60-4)34-15-23-38(24-16-34)66-40-27-19-36(20-28-40)50(57)58/h13-28,31-32H,5-12,29-30H2,1-4H3/b47-45+,48-46+. The van der Waals surface area contributed by atoms with Crippen LogP contribution in [0.2, 0.25) is 0 Å². The van der Waals surface area contributed by atoms with Crippen LogP contribution in [0.4, 0.5) is 11.4 Å².